The molecule has 0 rings (SSSR count). The van der Waals surface area contributed by atoms with E-state index < -0.39 is 82.8 Å². The first kappa shape index (κ1) is 44.4. The summed E-state index contributed by atoms with van der Waals surface area (Å²) in [5, 5.41) is 13.3. The molecule has 0 bridgehead atoms. The van der Waals surface area contributed by atoms with Crippen molar-refractivity contribution in [2.24, 2.45) is 0 Å². The van der Waals surface area contributed by atoms with E-state index in [9.17, 15) is 92.2 Å². The van der Waals surface area contributed by atoms with Gasteiger partial charge in [0.15, 0.2) is 10.3 Å². The minimum Gasteiger partial charge on any atom is -0.566 e. The molecule has 40 heavy (non-hydrogen) atoms. The van der Waals surface area contributed by atoms with Crippen LogP contribution in [0.3, 0.4) is 0 Å². The van der Waals surface area contributed by atoms with Gasteiger partial charge < -0.3 is 10.2 Å². The van der Waals surface area contributed by atoms with Crippen molar-refractivity contribution in [1.82, 2.24) is 0 Å². The van der Waals surface area contributed by atoms with Gasteiger partial charge in [-0.05, 0) is 0 Å². The molecular weight excluding hydrogens is 692 g/mol. The number of hydrogen-bond acceptors (Lipinski definition) is 3. The fraction of sp³-hybridized carbons (Fsp3) is 0.917. The molecule has 0 aliphatic carbocycles. The van der Waals surface area contributed by atoms with Crippen LogP contribution in [0, 0.1) is 6.61 Å². The zero-order valence-corrected chi connectivity index (χ0v) is 21.8. The molecule has 0 heterocycles. The van der Waals surface area contributed by atoms with Gasteiger partial charge in [-0.1, -0.05) is 6.42 Å². The first-order chi connectivity index (χ1) is 16.3. The van der Waals surface area contributed by atoms with Gasteiger partial charge in [-0.15, -0.1) is 0 Å². The standard InChI is InChI=1S/C12H4F21O.K.H2NO3S/c13-3(14,1-2-34)4(15,16)5(17,18)6(19,20)7(21,22)8(23,24)9(25,26)10(27,28)11(29,30)12(31,32)33;;1-5(2,3)4/h2,34H,1H2;;(H2-,1,2,3,4)/q-1;+1;-1. The molecule has 5 nitrogen and oxygen atoms in total. The molecule has 3 N–H and O–H groups in total. The maximum atomic E-state index is 13.3. The van der Waals surface area contributed by atoms with Crippen molar-refractivity contribution >= 4 is 10.3 Å². The Kier molecular flexibility index (Phi) is 13.5. The predicted octanol–water partition coefficient (Wildman–Crippen LogP) is 4.04. The second-order valence-corrected chi connectivity index (χ2v) is 7.61. The molecule has 0 saturated carbocycles. The molecule has 0 aromatic carbocycles. The third-order valence-corrected chi connectivity index (χ3v) is 3.92. The smallest absolute Gasteiger partial charge is 0.566 e. The monoisotopic (exact) mass is 698 g/mol. The van der Waals surface area contributed by atoms with Gasteiger partial charge in [0, 0.05) is 0 Å². The number of halogens is 21. The molecule has 0 radical (unpaired) electrons. The molecule has 238 valence electrons. The normalized spacial score (nSPS) is 15.7. The zero-order valence-electron chi connectivity index (χ0n) is 17.8. The van der Waals surface area contributed by atoms with Gasteiger partial charge in [-0.25, -0.2) is 23.8 Å². The van der Waals surface area contributed by atoms with Crippen molar-refractivity contribution in [3.63, 3.8) is 0 Å². The Bertz CT molecular complexity index is 955. The van der Waals surface area contributed by atoms with Crippen molar-refractivity contribution < 1.29 is 162 Å². The Labute approximate surface area is 248 Å². The summed E-state index contributed by atoms with van der Waals surface area (Å²) in [5.41, 5.74) is 0. The Hall–Kier alpha value is -0.00364. The van der Waals surface area contributed by atoms with Crippen LogP contribution in [0.4, 0.5) is 92.2 Å². The Morgan fingerprint density at radius 2 is 0.675 bits per heavy atom. The molecule has 0 atom stereocenters. The van der Waals surface area contributed by atoms with Crippen molar-refractivity contribution in [3.8, 4) is 0 Å². The fourth-order valence-corrected chi connectivity index (χ4v) is 1.83. The summed E-state index contributed by atoms with van der Waals surface area (Å²) in [6, 6.07) is 0. The summed E-state index contributed by atoms with van der Waals surface area (Å²) in [7, 11) is -4.42. The van der Waals surface area contributed by atoms with E-state index in [1.54, 1.807) is 0 Å². The minimum atomic E-state index is -9.18. The van der Waals surface area contributed by atoms with Gasteiger partial charge in [0.25, 0.3) is 5.92 Å². The van der Waals surface area contributed by atoms with Crippen molar-refractivity contribution in [2.45, 2.75) is 65.9 Å². The second-order valence-electron chi connectivity index (χ2n) is 6.66. The van der Waals surface area contributed by atoms with E-state index in [1.807, 2.05) is 0 Å². The summed E-state index contributed by atoms with van der Waals surface area (Å²) < 4.78 is 296. The number of rotatable bonds is 10. The SMILES string of the molecule is O[CH-]CC(F)(F)C(F)(F)C(F)(F)C(F)(F)C(F)(F)C(F)(F)C(F)(F)C(F)(F)C(F)(F)C(F)(F)F.[K+].[NH-]S(=O)(=O)O. The van der Waals surface area contributed by atoms with Gasteiger partial charge in [0.05, 0.1) is 0 Å². The van der Waals surface area contributed by atoms with Crippen LogP contribution in [0.25, 0.3) is 5.14 Å². The molecule has 0 aliphatic rings. The van der Waals surface area contributed by atoms with Crippen LogP contribution in [0.5, 0.6) is 0 Å². The quantitative estimate of drug-likeness (QED) is 0.156. The Balaban J connectivity index is -0.00000208. The third-order valence-electron chi connectivity index (χ3n) is 3.92. The van der Waals surface area contributed by atoms with E-state index >= 15 is 0 Å². The van der Waals surface area contributed by atoms with Gasteiger partial charge in [0.1, 0.15) is 0 Å². The van der Waals surface area contributed by atoms with Crippen LogP contribution >= 0.6 is 0 Å². The van der Waals surface area contributed by atoms with Crippen molar-refractivity contribution in [2.75, 3.05) is 0 Å². The van der Waals surface area contributed by atoms with Crippen LogP contribution in [-0.4, -0.2) is 77.6 Å². The summed E-state index contributed by atoms with van der Waals surface area (Å²) in [6.07, 6.45) is -11.1. The van der Waals surface area contributed by atoms with Gasteiger partial charge in [-0.3, -0.25) is 4.55 Å². The van der Waals surface area contributed by atoms with E-state index in [2.05, 4.69) is 0 Å². The van der Waals surface area contributed by atoms with E-state index in [0.717, 1.165) is 0 Å². The van der Waals surface area contributed by atoms with Crippen LogP contribution in [0.15, 0.2) is 0 Å². The van der Waals surface area contributed by atoms with E-state index in [0.29, 0.717) is 0 Å². The first-order valence-corrected chi connectivity index (χ1v) is 9.40. The van der Waals surface area contributed by atoms with Crippen LogP contribution in [0.1, 0.15) is 6.42 Å². The topological polar surface area (TPSA) is 98.4 Å². The Morgan fingerprint density at radius 3 is 0.850 bits per heavy atom. The molecule has 0 unspecified atom stereocenters. The van der Waals surface area contributed by atoms with Crippen LogP contribution in [-0.2, 0) is 10.3 Å². The summed E-state index contributed by atoms with van der Waals surface area (Å²) in [5.74, 6) is -77.1. The summed E-state index contributed by atoms with van der Waals surface area (Å²) >= 11 is 0. The molecular formula is C12H6F21KNO4S-. The maximum absolute atomic E-state index is 13.3. The average Bonchev–Trinajstić information content (AvgIpc) is 2.64. The molecule has 0 aliphatic heterocycles. The summed E-state index contributed by atoms with van der Waals surface area (Å²) in [4.78, 5) is 0. The summed E-state index contributed by atoms with van der Waals surface area (Å²) in [6.45, 7) is -1.19. The third kappa shape index (κ3) is 7.20. The Morgan fingerprint density at radius 1 is 0.500 bits per heavy atom. The molecule has 0 fully saturated rings. The maximum Gasteiger partial charge on any atom is 1.00 e. The van der Waals surface area contributed by atoms with Gasteiger partial charge >= 0.3 is 105 Å². The molecule has 0 aromatic heterocycles. The van der Waals surface area contributed by atoms with Crippen molar-refractivity contribution in [3.05, 3.63) is 11.7 Å². The first-order valence-electron chi connectivity index (χ1n) is 7.96. The molecule has 0 spiro atoms. The number of nitrogens with one attached hydrogen (secondary N) is 1. The zero-order chi connectivity index (χ0) is 32.9. The fourth-order valence-electron chi connectivity index (χ4n) is 1.83. The molecule has 0 saturated heterocycles. The number of aliphatic hydroxyl groups is 1. The molecule has 0 aromatic rings. The molecule has 28 heteroatoms. The van der Waals surface area contributed by atoms with E-state index in [4.69, 9.17) is 23.2 Å². The largest absolute Gasteiger partial charge is 1.00 e. The molecule has 0 amide bonds. The van der Waals surface area contributed by atoms with Crippen LogP contribution < -0.4 is 51.4 Å². The van der Waals surface area contributed by atoms with E-state index in [-0.39, 0.29) is 51.4 Å². The van der Waals surface area contributed by atoms with Gasteiger partial charge in [-0.2, -0.15) is 83.4 Å². The van der Waals surface area contributed by atoms with Crippen molar-refractivity contribution in [1.29, 1.82) is 0 Å². The van der Waals surface area contributed by atoms with E-state index in [1.165, 1.54) is 0 Å². The number of hydrogen-bond donors (Lipinski definition) is 2. The average molecular weight is 698 g/mol. The second kappa shape index (κ2) is 12.2. The number of aliphatic hydroxyl groups excluding tert-OH is 1. The number of alkyl halides is 21. The predicted molar refractivity (Wildman–Crippen MR) is 77.3 cm³/mol. The van der Waals surface area contributed by atoms with Gasteiger partial charge in [0.2, 0.25) is 0 Å². The minimum absolute atomic E-state index is 0. The van der Waals surface area contributed by atoms with Crippen LogP contribution in [0.2, 0.25) is 0 Å².